The number of fused-ring (bicyclic) bond motifs is 1. The molecule has 0 unspecified atom stereocenters. The Morgan fingerprint density at radius 1 is 1.17 bits per heavy atom. The van der Waals surface area contributed by atoms with E-state index in [1.54, 1.807) is 0 Å². The van der Waals surface area contributed by atoms with Gasteiger partial charge in [-0.25, -0.2) is 0 Å². The molecule has 0 atom stereocenters. The molecule has 1 aromatic carbocycles. The Kier molecular flexibility index (Phi) is 1.92. The molecule has 0 radical (unpaired) electrons. The van der Waals surface area contributed by atoms with E-state index in [1.165, 1.54) is 5.56 Å². The first-order chi connectivity index (χ1) is 5.97. The zero-order valence-electron chi connectivity index (χ0n) is 6.75. The maximum absolute atomic E-state index is 4.26. The first kappa shape index (κ1) is 7.12. The molecule has 1 aliphatic rings. The summed E-state index contributed by atoms with van der Waals surface area (Å²) >= 11 is 0. The molecule has 1 nitrogen and oxygen atoms in total. The van der Waals surface area contributed by atoms with Crippen molar-refractivity contribution < 1.29 is 0 Å². The average Bonchev–Trinajstić information content (AvgIpc) is 2.06. The minimum absolute atomic E-state index is 0.883. The van der Waals surface area contributed by atoms with Gasteiger partial charge in [0.1, 0.15) is 0 Å². The molecule has 2 rings (SSSR count). The molecule has 1 heteroatoms. The predicted molar refractivity (Wildman–Crippen MR) is 50.2 cm³/mol. The highest BCUT2D eigenvalue weighted by atomic mass is 14.7. The van der Waals surface area contributed by atoms with Crippen molar-refractivity contribution in [2.75, 3.05) is 6.54 Å². The van der Waals surface area contributed by atoms with Crippen molar-refractivity contribution >= 4 is 12.3 Å². The van der Waals surface area contributed by atoms with Crippen molar-refractivity contribution in [3.63, 3.8) is 0 Å². The van der Waals surface area contributed by atoms with E-state index in [9.17, 15) is 0 Å². The van der Waals surface area contributed by atoms with Crippen molar-refractivity contribution in [1.29, 1.82) is 0 Å². The summed E-state index contributed by atoms with van der Waals surface area (Å²) in [5.74, 6) is 0. The Labute approximate surface area is 72.5 Å². The van der Waals surface area contributed by atoms with Crippen LogP contribution in [-0.2, 0) is 0 Å². The molecule has 0 saturated carbocycles. The van der Waals surface area contributed by atoms with Crippen molar-refractivity contribution in [3.8, 4) is 0 Å². The molecule has 0 bridgehead atoms. The summed E-state index contributed by atoms with van der Waals surface area (Å²) in [6.45, 7) is 0.883. The highest BCUT2D eigenvalue weighted by Gasteiger charge is 1.95. The summed E-state index contributed by atoms with van der Waals surface area (Å²) < 4.78 is 0. The van der Waals surface area contributed by atoms with E-state index in [0.29, 0.717) is 0 Å². The van der Waals surface area contributed by atoms with Gasteiger partial charge in [0.05, 0.1) is 0 Å². The lowest BCUT2D eigenvalue weighted by atomic mass is 10.1. The van der Waals surface area contributed by atoms with Crippen LogP contribution in [0.3, 0.4) is 0 Å². The quantitative estimate of drug-likeness (QED) is 0.544. The third-order valence-corrected chi connectivity index (χ3v) is 1.82. The molecule has 0 saturated heterocycles. The van der Waals surface area contributed by atoms with Gasteiger partial charge in [-0.3, -0.25) is 4.99 Å². The maximum atomic E-state index is 4.26. The molecule has 58 valence electrons. The fraction of sp³-hybridized carbons (Fsp3) is 0.182. The Morgan fingerprint density at radius 3 is 2.92 bits per heavy atom. The molecular weight excluding hydrogens is 146 g/mol. The molecule has 0 N–H and O–H groups in total. The van der Waals surface area contributed by atoms with Crippen molar-refractivity contribution in [2.24, 2.45) is 4.99 Å². The van der Waals surface area contributed by atoms with E-state index in [4.69, 9.17) is 0 Å². The summed E-state index contributed by atoms with van der Waals surface area (Å²) in [6.07, 6.45) is 7.19. The van der Waals surface area contributed by atoms with Crippen molar-refractivity contribution in [1.82, 2.24) is 0 Å². The minimum Gasteiger partial charge on any atom is -0.292 e. The molecule has 0 amide bonds. The lowest BCUT2D eigenvalue weighted by Gasteiger charge is -1.99. The largest absolute Gasteiger partial charge is 0.292 e. The Balaban J connectivity index is 2.48. The van der Waals surface area contributed by atoms with Crippen molar-refractivity contribution in [3.05, 3.63) is 41.5 Å². The van der Waals surface area contributed by atoms with Gasteiger partial charge in [0.2, 0.25) is 0 Å². The first-order valence-electron chi connectivity index (χ1n) is 4.05. The Morgan fingerprint density at radius 2 is 2.00 bits per heavy atom. The van der Waals surface area contributed by atoms with Gasteiger partial charge in [0.15, 0.2) is 0 Å². The van der Waals surface area contributed by atoms with Crippen LogP contribution in [0.5, 0.6) is 0 Å². The second kappa shape index (κ2) is 3.23. The van der Waals surface area contributed by atoms with Crippen LogP contribution in [0.1, 0.15) is 17.5 Å². The number of rotatable bonds is 0. The van der Waals surface area contributed by atoms with E-state index in [2.05, 4.69) is 29.3 Å². The SMILES string of the molecule is c1cc2c(cc#1)C=NCCC=C2. The fourth-order valence-corrected chi connectivity index (χ4v) is 1.18. The summed E-state index contributed by atoms with van der Waals surface area (Å²) in [5, 5.41) is 0. The number of hydrogen-bond donors (Lipinski definition) is 0. The Bertz CT molecular complexity index is 291. The summed E-state index contributed by atoms with van der Waals surface area (Å²) in [7, 11) is 0. The second-order valence-electron chi connectivity index (χ2n) is 2.71. The van der Waals surface area contributed by atoms with Gasteiger partial charge in [0.25, 0.3) is 0 Å². The van der Waals surface area contributed by atoms with Gasteiger partial charge in [-0.2, -0.15) is 0 Å². The van der Waals surface area contributed by atoms with Crippen LogP contribution in [-0.4, -0.2) is 12.8 Å². The first-order valence-corrected chi connectivity index (χ1v) is 4.05. The lowest BCUT2D eigenvalue weighted by molar-refractivity contribution is 1.01. The van der Waals surface area contributed by atoms with Gasteiger partial charge in [-0.05, 0) is 24.1 Å². The minimum atomic E-state index is 0.883. The monoisotopic (exact) mass is 155 g/mol. The molecule has 0 aromatic heterocycles. The van der Waals surface area contributed by atoms with Crippen LogP contribution in [0.4, 0.5) is 0 Å². The van der Waals surface area contributed by atoms with Crippen LogP contribution >= 0.6 is 0 Å². The third kappa shape index (κ3) is 1.38. The molecule has 0 spiro atoms. The van der Waals surface area contributed by atoms with Gasteiger partial charge >= 0.3 is 0 Å². The molecule has 1 aliphatic heterocycles. The summed E-state index contributed by atoms with van der Waals surface area (Å²) in [6, 6.07) is 9.69. The molecule has 1 heterocycles. The lowest BCUT2D eigenvalue weighted by Crippen LogP contribution is -1.90. The van der Waals surface area contributed by atoms with Gasteiger partial charge < -0.3 is 0 Å². The topological polar surface area (TPSA) is 12.4 Å². The average molecular weight is 155 g/mol. The highest BCUT2D eigenvalue weighted by molar-refractivity contribution is 5.85. The summed E-state index contributed by atoms with van der Waals surface area (Å²) in [4.78, 5) is 4.26. The van der Waals surface area contributed by atoms with Crippen LogP contribution in [0.2, 0.25) is 0 Å². The van der Waals surface area contributed by atoms with Crippen LogP contribution < -0.4 is 0 Å². The van der Waals surface area contributed by atoms with Gasteiger partial charge in [-0.15, -0.1) is 0 Å². The van der Waals surface area contributed by atoms with Crippen LogP contribution in [0.25, 0.3) is 6.08 Å². The Hall–Kier alpha value is -1.55. The van der Waals surface area contributed by atoms with E-state index in [-0.39, 0.29) is 0 Å². The van der Waals surface area contributed by atoms with Crippen molar-refractivity contribution in [2.45, 2.75) is 6.42 Å². The van der Waals surface area contributed by atoms with E-state index >= 15 is 0 Å². The molecule has 0 aliphatic carbocycles. The number of aliphatic imine (C=N–C) groups is 1. The number of nitrogens with zero attached hydrogens (tertiary/aromatic N) is 1. The molecule has 12 heavy (non-hydrogen) atoms. The van der Waals surface area contributed by atoms with Crippen LogP contribution in [0, 0.1) is 12.1 Å². The van der Waals surface area contributed by atoms with E-state index in [1.807, 2.05) is 18.3 Å². The van der Waals surface area contributed by atoms with Crippen LogP contribution in [0.15, 0.2) is 23.2 Å². The molecule has 0 fully saturated rings. The maximum Gasteiger partial charge on any atom is 0.0424 e. The normalized spacial score (nSPS) is 14.3. The predicted octanol–water partition coefficient (Wildman–Crippen LogP) is 2.12. The molecule has 1 aromatic rings. The van der Waals surface area contributed by atoms with E-state index in [0.717, 1.165) is 18.5 Å². The zero-order valence-corrected chi connectivity index (χ0v) is 6.75. The standard InChI is InChI=1S/C11H9N/c1-2-7-11-9-12-8-4-3-6-10(11)5-1/h3,5-7,9H,4,8H2. The smallest absolute Gasteiger partial charge is 0.0424 e. The highest BCUT2D eigenvalue weighted by Crippen LogP contribution is 2.08. The third-order valence-electron chi connectivity index (χ3n) is 1.82. The fourth-order valence-electron chi connectivity index (χ4n) is 1.18. The zero-order chi connectivity index (χ0) is 8.23. The second-order valence-corrected chi connectivity index (χ2v) is 2.71. The number of hydrogen-bond acceptors (Lipinski definition) is 1. The van der Waals surface area contributed by atoms with Gasteiger partial charge in [-0.1, -0.05) is 24.3 Å². The van der Waals surface area contributed by atoms with Gasteiger partial charge in [0, 0.05) is 18.3 Å². The van der Waals surface area contributed by atoms with E-state index < -0.39 is 0 Å². The molecular formula is C11H9N. The summed E-state index contributed by atoms with van der Waals surface area (Å²) in [5.41, 5.74) is 2.31.